The van der Waals surface area contributed by atoms with Crippen LogP contribution in [0.25, 0.3) is 0 Å². The highest BCUT2D eigenvalue weighted by molar-refractivity contribution is 7.12. The van der Waals surface area contributed by atoms with Crippen LogP contribution < -0.4 is 5.32 Å². The minimum absolute atomic E-state index is 0.548. The van der Waals surface area contributed by atoms with E-state index in [1.165, 1.54) is 11.3 Å². The molecule has 1 amide bonds. The number of aromatic nitrogens is 1. The fraction of sp³-hybridized carbons (Fsp3) is 0.267. The van der Waals surface area contributed by atoms with Gasteiger partial charge in [0, 0.05) is 12.7 Å². The van der Waals surface area contributed by atoms with E-state index in [0.717, 1.165) is 17.7 Å². The van der Waals surface area contributed by atoms with Gasteiger partial charge in [0.25, 0.3) is 0 Å². The molecule has 0 aliphatic heterocycles. The first-order valence-corrected chi connectivity index (χ1v) is 7.67. The summed E-state index contributed by atoms with van der Waals surface area (Å²) in [5.74, 6) is 0. The second kappa shape index (κ2) is 8.16. The maximum atomic E-state index is 11.6. The van der Waals surface area contributed by atoms with Crippen LogP contribution in [0.2, 0.25) is 0 Å². The van der Waals surface area contributed by atoms with Crippen molar-refractivity contribution in [1.29, 1.82) is 0 Å². The predicted molar refractivity (Wildman–Crippen MR) is 83.6 cm³/mol. The number of carbonyl (C=O) groups is 1. The molecule has 5 nitrogen and oxygen atoms in total. The van der Waals surface area contributed by atoms with Gasteiger partial charge in [0.05, 0.1) is 10.6 Å². The van der Waals surface area contributed by atoms with Crippen molar-refractivity contribution in [2.24, 2.45) is 5.16 Å². The van der Waals surface area contributed by atoms with E-state index >= 15 is 0 Å². The third kappa shape index (κ3) is 4.68. The van der Waals surface area contributed by atoms with Gasteiger partial charge >= 0.3 is 6.09 Å². The highest BCUT2D eigenvalue weighted by Gasteiger charge is 2.11. The molecule has 21 heavy (non-hydrogen) atoms. The van der Waals surface area contributed by atoms with Crippen LogP contribution >= 0.6 is 11.3 Å². The van der Waals surface area contributed by atoms with Gasteiger partial charge in [-0.2, -0.15) is 0 Å². The normalized spacial score (nSPS) is 11.2. The standard InChI is InChI=1S/C15H17N3O2S/c1-2-3-9-17-15(19)20-18-14(13-8-6-11-21-13)12-7-4-5-10-16-12/h4-8,10-11H,2-3,9H2,1H3,(H,17,19). The quantitative estimate of drug-likeness (QED) is 0.385. The molecule has 2 heterocycles. The zero-order chi connectivity index (χ0) is 14.9. The summed E-state index contributed by atoms with van der Waals surface area (Å²) in [5, 5.41) is 8.56. The summed E-state index contributed by atoms with van der Waals surface area (Å²) >= 11 is 1.52. The van der Waals surface area contributed by atoms with E-state index in [1.807, 2.05) is 35.7 Å². The summed E-state index contributed by atoms with van der Waals surface area (Å²) in [4.78, 5) is 21.7. The molecule has 0 aromatic carbocycles. The van der Waals surface area contributed by atoms with Crippen LogP contribution in [0.5, 0.6) is 0 Å². The van der Waals surface area contributed by atoms with Crippen molar-refractivity contribution in [2.75, 3.05) is 6.54 Å². The van der Waals surface area contributed by atoms with E-state index in [-0.39, 0.29) is 0 Å². The molecule has 110 valence electrons. The molecule has 0 aliphatic carbocycles. The molecule has 0 saturated carbocycles. The molecule has 0 aliphatic rings. The number of amides is 1. The Morgan fingerprint density at radius 2 is 2.29 bits per heavy atom. The summed E-state index contributed by atoms with van der Waals surface area (Å²) in [6, 6.07) is 9.36. The highest BCUT2D eigenvalue weighted by atomic mass is 32.1. The second-order valence-corrected chi connectivity index (χ2v) is 5.24. The van der Waals surface area contributed by atoms with Crippen LogP contribution in [0.1, 0.15) is 30.3 Å². The van der Waals surface area contributed by atoms with E-state index < -0.39 is 6.09 Å². The molecule has 0 atom stereocenters. The molecule has 0 unspecified atom stereocenters. The molecule has 0 fully saturated rings. The average molecular weight is 303 g/mol. The second-order valence-electron chi connectivity index (χ2n) is 4.29. The summed E-state index contributed by atoms with van der Waals surface area (Å²) in [5.41, 5.74) is 1.22. The minimum atomic E-state index is -0.548. The van der Waals surface area contributed by atoms with E-state index in [4.69, 9.17) is 4.84 Å². The van der Waals surface area contributed by atoms with E-state index in [1.54, 1.807) is 6.20 Å². The monoisotopic (exact) mass is 303 g/mol. The van der Waals surface area contributed by atoms with Crippen molar-refractivity contribution in [3.63, 3.8) is 0 Å². The zero-order valence-corrected chi connectivity index (χ0v) is 12.6. The Balaban J connectivity index is 2.10. The molecule has 0 radical (unpaired) electrons. The van der Waals surface area contributed by atoms with E-state index in [0.29, 0.717) is 18.0 Å². The molecular formula is C15H17N3O2S. The minimum Gasteiger partial charge on any atom is -0.320 e. The number of nitrogens with zero attached hydrogens (tertiary/aromatic N) is 2. The summed E-state index contributed by atoms with van der Waals surface area (Å²) < 4.78 is 0. The number of rotatable bonds is 6. The molecule has 2 aromatic rings. The SMILES string of the molecule is CCCCNC(=O)ON=C(c1ccccn1)c1cccs1. The molecule has 0 spiro atoms. The lowest BCUT2D eigenvalue weighted by Crippen LogP contribution is -2.24. The van der Waals surface area contributed by atoms with Crippen LogP contribution in [-0.2, 0) is 4.84 Å². The average Bonchev–Trinajstić information content (AvgIpc) is 3.03. The summed E-state index contributed by atoms with van der Waals surface area (Å²) in [7, 11) is 0. The third-order valence-corrected chi connectivity index (χ3v) is 3.56. The van der Waals surface area contributed by atoms with Gasteiger partial charge in [-0.3, -0.25) is 9.82 Å². The van der Waals surface area contributed by atoms with Crippen molar-refractivity contribution in [3.8, 4) is 0 Å². The lowest BCUT2D eigenvalue weighted by molar-refractivity contribution is 0.151. The summed E-state index contributed by atoms with van der Waals surface area (Å²) in [6.45, 7) is 2.64. The van der Waals surface area contributed by atoms with Crippen LogP contribution in [0.3, 0.4) is 0 Å². The first kappa shape index (κ1) is 15.2. The molecule has 1 N–H and O–H groups in total. The Kier molecular flexibility index (Phi) is 5.90. The van der Waals surface area contributed by atoms with Crippen molar-refractivity contribution >= 4 is 23.1 Å². The maximum Gasteiger partial charge on any atom is 0.433 e. The van der Waals surface area contributed by atoms with E-state index in [9.17, 15) is 4.79 Å². The number of nitrogens with one attached hydrogen (secondary N) is 1. The molecule has 6 heteroatoms. The first-order chi connectivity index (χ1) is 10.3. The number of hydrogen-bond donors (Lipinski definition) is 1. The van der Waals surface area contributed by atoms with Gasteiger partial charge in [0.1, 0.15) is 5.71 Å². The van der Waals surface area contributed by atoms with Crippen molar-refractivity contribution in [1.82, 2.24) is 10.3 Å². The molecule has 0 bridgehead atoms. The van der Waals surface area contributed by atoms with Gasteiger partial charge in [-0.1, -0.05) is 30.6 Å². The lowest BCUT2D eigenvalue weighted by atomic mass is 10.2. The van der Waals surface area contributed by atoms with Crippen molar-refractivity contribution < 1.29 is 9.63 Å². The van der Waals surface area contributed by atoms with Gasteiger partial charge in [-0.15, -0.1) is 11.3 Å². The van der Waals surface area contributed by atoms with Gasteiger partial charge in [-0.05, 0) is 30.0 Å². The van der Waals surface area contributed by atoms with Crippen LogP contribution in [0, 0.1) is 0 Å². The number of pyridine rings is 1. The molecule has 2 rings (SSSR count). The number of thiophene rings is 1. The Bertz CT molecular complexity index is 582. The Labute approximate surface area is 127 Å². The Morgan fingerprint density at radius 1 is 1.38 bits per heavy atom. The smallest absolute Gasteiger partial charge is 0.320 e. The van der Waals surface area contributed by atoms with Crippen molar-refractivity contribution in [3.05, 3.63) is 52.5 Å². The van der Waals surface area contributed by atoms with Crippen LogP contribution in [0.4, 0.5) is 4.79 Å². The lowest BCUT2D eigenvalue weighted by Gasteiger charge is -2.04. The van der Waals surface area contributed by atoms with Gasteiger partial charge in [0.15, 0.2) is 0 Å². The summed E-state index contributed by atoms with van der Waals surface area (Å²) in [6.07, 6.45) is 3.06. The molecule has 2 aromatic heterocycles. The van der Waals surface area contributed by atoms with Crippen molar-refractivity contribution in [2.45, 2.75) is 19.8 Å². The third-order valence-electron chi connectivity index (χ3n) is 2.68. The number of oxime groups is 1. The van der Waals surface area contributed by atoms with Crippen LogP contribution in [-0.4, -0.2) is 23.3 Å². The maximum absolute atomic E-state index is 11.6. The topological polar surface area (TPSA) is 63.6 Å². The fourth-order valence-corrected chi connectivity index (χ4v) is 2.34. The Hall–Kier alpha value is -2.21. The molecule has 0 saturated heterocycles. The number of unbranched alkanes of at least 4 members (excludes halogenated alkanes) is 1. The van der Waals surface area contributed by atoms with Gasteiger partial charge in [-0.25, -0.2) is 4.79 Å². The number of carbonyl (C=O) groups excluding carboxylic acids is 1. The zero-order valence-electron chi connectivity index (χ0n) is 11.8. The first-order valence-electron chi connectivity index (χ1n) is 6.79. The fourth-order valence-electron chi connectivity index (χ4n) is 1.62. The van der Waals surface area contributed by atoms with Gasteiger partial charge in [0.2, 0.25) is 0 Å². The highest BCUT2D eigenvalue weighted by Crippen LogP contribution is 2.15. The van der Waals surface area contributed by atoms with Crippen LogP contribution in [0.15, 0.2) is 47.1 Å². The number of hydrogen-bond acceptors (Lipinski definition) is 5. The van der Waals surface area contributed by atoms with E-state index in [2.05, 4.69) is 22.4 Å². The molecular weight excluding hydrogens is 286 g/mol. The Morgan fingerprint density at radius 3 is 2.95 bits per heavy atom. The predicted octanol–water partition coefficient (Wildman–Crippen LogP) is 3.42. The van der Waals surface area contributed by atoms with Gasteiger partial charge < -0.3 is 5.32 Å². The largest absolute Gasteiger partial charge is 0.433 e.